The molecule has 3 heterocycles. The second-order valence-corrected chi connectivity index (χ2v) is 6.96. The van der Waals surface area contributed by atoms with Crippen LogP contribution in [-0.2, 0) is 12.6 Å². The van der Waals surface area contributed by atoms with Crippen molar-refractivity contribution in [1.29, 1.82) is 0 Å². The summed E-state index contributed by atoms with van der Waals surface area (Å²) in [4.78, 5) is 18.7. The van der Waals surface area contributed by atoms with Gasteiger partial charge in [0.25, 0.3) is 0 Å². The summed E-state index contributed by atoms with van der Waals surface area (Å²) in [6.45, 7) is 0. The van der Waals surface area contributed by atoms with Gasteiger partial charge in [0.05, 0.1) is 16.6 Å². The highest BCUT2D eigenvalue weighted by atomic mass is 35.5. The number of nitrogens with zero attached hydrogens (tertiary/aromatic N) is 2. The quantitative estimate of drug-likeness (QED) is 0.751. The van der Waals surface area contributed by atoms with E-state index in [1.165, 1.54) is 6.07 Å². The second kappa shape index (κ2) is 6.16. The standard InChI is InChI=1S/C18H15ClF3N3O/c19-15-8-11(1-3-14(15)18(20,21)22)24-17(26)25-12-2-4-16(25)13-5-6-23-9-10(13)7-12/h1,3,5-6,8-9,12,16H,2,4,7H2,(H,24,26)/t12-,16+/m1/s1. The van der Waals surface area contributed by atoms with E-state index in [1.807, 2.05) is 12.3 Å². The number of anilines is 1. The Bertz CT molecular complexity index is 871. The number of fused-ring (bicyclic) bond motifs is 4. The van der Waals surface area contributed by atoms with Crippen LogP contribution in [0.3, 0.4) is 0 Å². The predicted molar refractivity (Wildman–Crippen MR) is 91.0 cm³/mol. The molecule has 4 nitrogen and oxygen atoms in total. The molecule has 2 bridgehead atoms. The number of hydrogen-bond donors (Lipinski definition) is 1. The van der Waals surface area contributed by atoms with Crippen LogP contribution in [0.25, 0.3) is 0 Å². The SMILES string of the molecule is O=C(Nc1ccc(C(F)(F)F)c(Cl)c1)N1[C@@H]2CC[C@H]1c1ccncc1C2. The summed E-state index contributed by atoms with van der Waals surface area (Å²) in [7, 11) is 0. The van der Waals surface area contributed by atoms with E-state index in [-0.39, 0.29) is 23.8 Å². The van der Waals surface area contributed by atoms with E-state index >= 15 is 0 Å². The van der Waals surface area contributed by atoms with Crippen LogP contribution in [0.1, 0.15) is 35.6 Å². The minimum atomic E-state index is -4.52. The molecule has 1 N–H and O–H groups in total. The van der Waals surface area contributed by atoms with Crippen molar-refractivity contribution in [3.8, 4) is 0 Å². The Balaban J connectivity index is 1.56. The maximum atomic E-state index is 12.8. The highest BCUT2D eigenvalue weighted by Crippen LogP contribution is 2.43. The van der Waals surface area contributed by atoms with Gasteiger partial charge in [-0.05, 0) is 54.7 Å². The van der Waals surface area contributed by atoms with Gasteiger partial charge >= 0.3 is 12.2 Å². The molecule has 1 saturated heterocycles. The summed E-state index contributed by atoms with van der Waals surface area (Å²) in [5, 5.41) is 2.25. The molecule has 26 heavy (non-hydrogen) atoms. The molecule has 2 amide bonds. The van der Waals surface area contributed by atoms with Crippen LogP contribution in [0.5, 0.6) is 0 Å². The monoisotopic (exact) mass is 381 g/mol. The number of halogens is 4. The zero-order chi connectivity index (χ0) is 18.5. The molecule has 0 unspecified atom stereocenters. The number of pyridine rings is 1. The van der Waals surface area contributed by atoms with Crippen LogP contribution in [0.2, 0.25) is 5.02 Å². The van der Waals surface area contributed by atoms with Gasteiger partial charge in [-0.25, -0.2) is 4.79 Å². The van der Waals surface area contributed by atoms with E-state index in [9.17, 15) is 18.0 Å². The van der Waals surface area contributed by atoms with Crippen LogP contribution >= 0.6 is 11.6 Å². The summed E-state index contributed by atoms with van der Waals surface area (Å²) in [5.74, 6) is 0. The highest BCUT2D eigenvalue weighted by Gasteiger charge is 2.42. The summed E-state index contributed by atoms with van der Waals surface area (Å²) in [6.07, 6.45) is 1.52. The smallest absolute Gasteiger partial charge is 0.314 e. The van der Waals surface area contributed by atoms with Gasteiger partial charge in [0.1, 0.15) is 0 Å². The Kier molecular flexibility index (Phi) is 4.06. The van der Waals surface area contributed by atoms with Crippen molar-refractivity contribution in [3.05, 3.63) is 58.4 Å². The number of aromatic nitrogens is 1. The fourth-order valence-corrected chi connectivity index (χ4v) is 4.18. The zero-order valence-electron chi connectivity index (χ0n) is 13.6. The average Bonchev–Trinajstić information content (AvgIpc) is 2.89. The number of nitrogens with one attached hydrogen (secondary N) is 1. The van der Waals surface area contributed by atoms with E-state index in [1.54, 1.807) is 11.1 Å². The molecule has 2 atom stereocenters. The highest BCUT2D eigenvalue weighted by molar-refractivity contribution is 6.31. The molecule has 0 aliphatic carbocycles. The van der Waals surface area contributed by atoms with Gasteiger partial charge in [0.2, 0.25) is 0 Å². The second-order valence-electron chi connectivity index (χ2n) is 6.56. The Morgan fingerprint density at radius 1 is 1.27 bits per heavy atom. The molecule has 0 radical (unpaired) electrons. The van der Waals surface area contributed by atoms with Crippen LogP contribution in [0, 0.1) is 0 Å². The third-order valence-electron chi connectivity index (χ3n) is 5.02. The lowest BCUT2D eigenvalue weighted by Gasteiger charge is -2.36. The van der Waals surface area contributed by atoms with Gasteiger partial charge in [0, 0.05) is 24.1 Å². The number of carbonyl (C=O) groups is 1. The van der Waals surface area contributed by atoms with Crippen molar-refractivity contribution in [1.82, 2.24) is 9.88 Å². The predicted octanol–water partition coefficient (Wildman–Crippen LogP) is 5.05. The van der Waals surface area contributed by atoms with E-state index in [4.69, 9.17) is 11.6 Å². The molecule has 2 aromatic rings. The first-order valence-electron chi connectivity index (χ1n) is 8.23. The molecule has 2 aliphatic heterocycles. The lowest BCUT2D eigenvalue weighted by molar-refractivity contribution is -0.137. The number of amides is 2. The van der Waals surface area contributed by atoms with Gasteiger partial charge < -0.3 is 10.2 Å². The average molecular weight is 382 g/mol. The zero-order valence-corrected chi connectivity index (χ0v) is 14.3. The first kappa shape index (κ1) is 17.1. The van der Waals surface area contributed by atoms with E-state index in [2.05, 4.69) is 10.3 Å². The number of alkyl halides is 3. The van der Waals surface area contributed by atoms with Crippen molar-refractivity contribution in [3.63, 3.8) is 0 Å². The normalized spacial score (nSPS) is 21.5. The lowest BCUT2D eigenvalue weighted by Crippen LogP contribution is -2.44. The van der Waals surface area contributed by atoms with Gasteiger partial charge in [-0.1, -0.05) is 11.6 Å². The van der Waals surface area contributed by atoms with Crippen molar-refractivity contribution in [2.75, 3.05) is 5.32 Å². The largest absolute Gasteiger partial charge is 0.417 e. The van der Waals surface area contributed by atoms with Gasteiger partial charge in [-0.2, -0.15) is 13.2 Å². The number of carbonyl (C=O) groups excluding carboxylic acids is 1. The Morgan fingerprint density at radius 3 is 2.81 bits per heavy atom. The molecule has 1 fully saturated rings. The lowest BCUT2D eigenvalue weighted by atomic mass is 9.95. The molecule has 2 aliphatic rings. The fraction of sp³-hybridized carbons (Fsp3) is 0.333. The number of urea groups is 1. The van der Waals surface area contributed by atoms with Crippen LogP contribution in [0.4, 0.5) is 23.7 Å². The molecule has 1 aromatic heterocycles. The van der Waals surface area contributed by atoms with E-state index in [0.717, 1.165) is 42.5 Å². The Morgan fingerprint density at radius 2 is 2.08 bits per heavy atom. The summed E-state index contributed by atoms with van der Waals surface area (Å²) in [5.41, 5.74) is 1.57. The van der Waals surface area contributed by atoms with E-state index in [0.29, 0.717) is 0 Å². The summed E-state index contributed by atoms with van der Waals surface area (Å²) < 4.78 is 38.4. The molecule has 136 valence electrons. The minimum absolute atomic E-state index is 0.0309. The summed E-state index contributed by atoms with van der Waals surface area (Å²) >= 11 is 5.73. The minimum Gasteiger partial charge on any atom is -0.314 e. The van der Waals surface area contributed by atoms with E-state index < -0.39 is 16.8 Å². The first-order chi connectivity index (χ1) is 12.3. The molecular weight excluding hydrogens is 367 g/mol. The van der Waals surface area contributed by atoms with Gasteiger partial charge in [-0.3, -0.25) is 4.98 Å². The van der Waals surface area contributed by atoms with Crippen LogP contribution in [0.15, 0.2) is 36.7 Å². The van der Waals surface area contributed by atoms with Crippen molar-refractivity contribution in [2.24, 2.45) is 0 Å². The van der Waals surface area contributed by atoms with Gasteiger partial charge in [-0.15, -0.1) is 0 Å². The van der Waals surface area contributed by atoms with Crippen molar-refractivity contribution in [2.45, 2.75) is 37.5 Å². The number of rotatable bonds is 1. The van der Waals surface area contributed by atoms with Crippen LogP contribution < -0.4 is 5.32 Å². The number of hydrogen-bond acceptors (Lipinski definition) is 2. The number of benzene rings is 1. The first-order valence-corrected chi connectivity index (χ1v) is 8.61. The third-order valence-corrected chi connectivity index (χ3v) is 5.33. The molecule has 1 aromatic carbocycles. The maximum Gasteiger partial charge on any atom is 0.417 e. The summed E-state index contributed by atoms with van der Waals surface area (Å²) in [6, 6.07) is 4.87. The molecule has 8 heteroatoms. The molecular formula is C18H15ClF3N3O. The van der Waals surface area contributed by atoms with Crippen molar-refractivity contribution >= 4 is 23.3 Å². The Labute approximate surface area is 153 Å². The molecule has 4 rings (SSSR count). The Hall–Kier alpha value is -2.28. The van der Waals surface area contributed by atoms with Gasteiger partial charge in [0.15, 0.2) is 0 Å². The maximum absolute atomic E-state index is 12.8. The fourth-order valence-electron chi connectivity index (χ4n) is 3.89. The topological polar surface area (TPSA) is 45.2 Å². The van der Waals surface area contributed by atoms with Crippen molar-refractivity contribution < 1.29 is 18.0 Å². The molecule has 0 saturated carbocycles. The molecule has 0 spiro atoms. The van der Waals surface area contributed by atoms with Crippen LogP contribution in [-0.4, -0.2) is 22.0 Å². The third kappa shape index (κ3) is 2.90.